The Morgan fingerprint density at radius 1 is 1.19 bits per heavy atom. The molecule has 0 aliphatic rings. The molecule has 0 aliphatic heterocycles. The van der Waals surface area contributed by atoms with Gasteiger partial charge in [0.05, 0.1) is 11.9 Å². The predicted octanol–water partition coefficient (Wildman–Crippen LogP) is 4.09. The van der Waals surface area contributed by atoms with E-state index in [1.165, 1.54) is 11.3 Å². The van der Waals surface area contributed by atoms with Gasteiger partial charge in [-0.05, 0) is 31.0 Å². The lowest BCUT2D eigenvalue weighted by molar-refractivity contribution is -0.118. The number of nitrogens with zero attached hydrogens (tertiary/aromatic N) is 3. The van der Waals surface area contributed by atoms with Crippen molar-refractivity contribution in [2.75, 3.05) is 11.9 Å². The first-order chi connectivity index (χ1) is 13.1. The Kier molecular flexibility index (Phi) is 4.60. The molecule has 136 valence electrons. The minimum absolute atomic E-state index is 0.0680. The minimum Gasteiger partial charge on any atom is -0.483 e. The molecule has 0 saturated heterocycles. The van der Waals surface area contributed by atoms with E-state index in [4.69, 9.17) is 4.74 Å². The molecular formula is C20H18N4O2S. The molecule has 2 aromatic heterocycles. The lowest BCUT2D eigenvalue weighted by Gasteiger charge is -2.09. The van der Waals surface area contributed by atoms with Crippen molar-refractivity contribution < 1.29 is 9.53 Å². The number of fused-ring (bicyclic) bond motifs is 1. The van der Waals surface area contributed by atoms with E-state index in [1.807, 2.05) is 68.6 Å². The van der Waals surface area contributed by atoms with E-state index in [2.05, 4.69) is 15.4 Å². The molecule has 1 amide bonds. The van der Waals surface area contributed by atoms with Crippen LogP contribution in [0.5, 0.6) is 5.75 Å². The number of hydrogen-bond donors (Lipinski definition) is 1. The maximum atomic E-state index is 12.2. The normalized spacial score (nSPS) is 10.9. The number of amides is 1. The third-order valence-electron chi connectivity index (χ3n) is 4.06. The van der Waals surface area contributed by atoms with E-state index in [-0.39, 0.29) is 12.5 Å². The molecule has 0 saturated carbocycles. The van der Waals surface area contributed by atoms with Crippen molar-refractivity contribution in [3.8, 4) is 17.0 Å². The van der Waals surface area contributed by atoms with Crippen LogP contribution in [0.1, 0.15) is 11.1 Å². The van der Waals surface area contributed by atoms with Gasteiger partial charge in [-0.1, -0.05) is 53.8 Å². The largest absolute Gasteiger partial charge is 0.483 e. The molecule has 6 nitrogen and oxygen atoms in total. The molecular weight excluding hydrogens is 360 g/mol. The van der Waals surface area contributed by atoms with Gasteiger partial charge in [0.15, 0.2) is 6.61 Å². The summed E-state index contributed by atoms with van der Waals surface area (Å²) >= 11 is 1.32. The molecule has 27 heavy (non-hydrogen) atoms. The Balaban J connectivity index is 1.42. The van der Waals surface area contributed by atoms with E-state index in [1.54, 1.807) is 4.52 Å². The standard InChI is InChI=1S/C20H18N4O2S/c1-13-8-9-14(2)17(10-13)26-12-18(25)22-19-23-24-11-16(21-20(24)27-19)15-6-4-3-5-7-15/h3-11H,12H2,1-2H3,(H,22,23,25). The number of benzene rings is 2. The summed E-state index contributed by atoms with van der Waals surface area (Å²) in [5.74, 6) is 0.461. The Hall–Kier alpha value is -3.19. The fourth-order valence-electron chi connectivity index (χ4n) is 2.66. The van der Waals surface area contributed by atoms with Crippen LogP contribution >= 0.6 is 11.3 Å². The number of hydrogen-bond acceptors (Lipinski definition) is 5. The van der Waals surface area contributed by atoms with Crippen LogP contribution in [0.3, 0.4) is 0 Å². The summed E-state index contributed by atoms with van der Waals surface area (Å²) in [6, 6.07) is 15.8. The predicted molar refractivity (Wildman–Crippen MR) is 106 cm³/mol. The van der Waals surface area contributed by atoms with Crippen LogP contribution in [-0.4, -0.2) is 27.1 Å². The molecule has 4 aromatic rings. The lowest BCUT2D eigenvalue weighted by atomic mass is 10.1. The van der Waals surface area contributed by atoms with Crippen LogP contribution in [0.4, 0.5) is 5.13 Å². The molecule has 0 aliphatic carbocycles. The third kappa shape index (κ3) is 3.83. The van der Waals surface area contributed by atoms with Crippen LogP contribution in [0.2, 0.25) is 0 Å². The van der Waals surface area contributed by atoms with Crippen LogP contribution in [0.15, 0.2) is 54.7 Å². The van der Waals surface area contributed by atoms with Crippen molar-refractivity contribution in [1.29, 1.82) is 0 Å². The van der Waals surface area contributed by atoms with Gasteiger partial charge in [-0.15, -0.1) is 5.10 Å². The molecule has 7 heteroatoms. The van der Waals surface area contributed by atoms with Crippen molar-refractivity contribution in [1.82, 2.24) is 14.6 Å². The average Bonchev–Trinajstić information content (AvgIpc) is 3.22. The van der Waals surface area contributed by atoms with E-state index >= 15 is 0 Å². The highest BCUT2D eigenvalue weighted by Crippen LogP contribution is 2.24. The van der Waals surface area contributed by atoms with Crippen LogP contribution in [0, 0.1) is 13.8 Å². The topological polar surface area (TPSA) is 68.5 Å². The van der Waals surface area contributed by atoms with Gasteiger partial charge in [0.25, 0.3) is 5.91 Å². The maximum Gasteiger partial charge on any atom is 0.264 e. The fraction of sp³-hybridized carbons (Fsp3) is 0.150. The van der Waals surface area contributed by atoms with Crippen LogP contribution < -0.4 is 10.1 Å². The zero-order valence-corrected chi connectivity index (χ0v) is 15.8. The zero-order valence-electron chi connectivity index (χ0n) is 15.0. The molecule has 1 N–H and O–H groups in total. The summed E-state index contributed by atoms with van der Waals surface area (Å²) in [6.45, 7) is 3.87. The first-order valence-corrected chi connectivity index (χ1v) is 9.32. The number of imidazole rings is 1. The highest BCUT2D eigenvalue weighted by molar-refractivity contribution is 7.20. The smallest absolute Gasteiger partial charge is 0.264 e. The van der Waals surface area contributed by atoms with Gasteiger partial charge >= 0.3 is 0 Å². The molecule has 0 bridgehead atoms. The minimum atomic E-state index is -0.254. The van der Waals surface area contributed by atoms with Gasteiger partial charge < -0.3 is 4.74 Å². The van der Waals surface area contributed by atoms with Gasteiger partial charge in [0.2, 0.25) is 10.1 Å². The number of anilines is 1. The van der Waals surface area contributed by atoms with E-state index in [0.29, 0.717) is 10.9 Å². The summed E-state index contributed by atoms with van der Waals surface area (Å²) in [6.07, 6.45) is 1.85. The fourth-order valence-corrected chi connectivity index (χ4v) is 3.46. The molecule has 4 rings (SSSR count). The van der Waals surface area contributed by atoms with Gasteiger partial charge in [0, 0.05) is 5.56 Å². The van der Waals surface area contributed by atoms with Crippen molar-refractivity contribution >= 4 is 27.3 Å². The number of carbonyl (C=O) groups excluding carboxylic acids is 1. The first kappa shape index (κ1) is 17.2. The molecule has 2 heterocycles. The number of nitrogens with one attached hydrogen (secondary N) is 1. The average molecular weight is 378 g/mol. The molecule has 0 spiro atoms. The second-order valence-corrected chi connectivity index (χ2v) is 7.19. The van der Waals surface area contributed by atoms with Crippen LogP contribution in [0.25, 0.3) is 16.2 Å². The maximum absolute atomic E-state index is 12.2. The number of carbonyl (C=O) groups is 1. The monoisotopic (exact) mass is 378 g/mol. The van der Waals surface area contributed by atoms with Gasteiger partial charge in [-0.2, -0.15) is 0 Å². The molecule has 0 radical (unpaired) electrons. The lowest BCUT2D eigenvalue weighted by Crippen LogP contribution is -2.20. The van der Waals surface area contributed by atoms with E-state index in [9.17, 15) is 4.79 Å². The molecule has 0 fully saturated rings. The number of rotatable bonds is 5. The summed E-state index contributed by atoms with van der Waals surface area (Å²) in [5, 5.41) is 7.63. The Morgan fingerprint density at radius 2 is 2.00 bits per heavy atom. The van der Waals surface area contributed by atoms with E-state index in [0.717, 1.165) is 27.3 Å². The summed E-state index contributed by atoms with van der Waals surface area (Å²) in [5.41, 5.74) is 3.97. The van der Waals surface area contributed by atoms with Crippen molar-refractivity contribution in [2.45, 2.75) is 13.8 Å². The number of aromatic nitrogens is 3. The molecule has 2 aromatic carbocycles. The van der Waals surface area contributed by atoms with Crippen molar-refractivity contribution in [3.63, 3.8) is 0 Å². The zero-order chi connectivity index (χ0) is 18.8. The first-order valence-electron chi connectivity index (χ1n) is 8.50. The molecule has 0 unspecified atom stereocenters. The Bertz CT molecular complexity index is 1070. The number of ether oxygens (including phenoxy) is 1. The van der Waals surface area contributed by atoms with Gasteiger partial charge in [-0.25, -0.2) is 9.50 Å². The van der Waals surface area contributed by atoms with Gasteiger partial charge in [-0.3, -0.25) is 10.1 Å². The molecule has 0 atom stereocenters. The SMILES string of the molecule is Cc1ccc(C)c(OCC(=O)Nc2nn3cc(-c4ccccc4)nc3s2)c1. The summed E-state index contributed by atoms with van der Waals surface area (Å²) in [7, 11) is 0. The van der Waals surface area contributed by atoms with E-state index < -0.39 is 0 Å². The quantitative estimate of drug-likeness (QED) is 0.568. The van der Waals surface area contributed by atoms with Crippen molar-refractivity contribution in [2.24, 2.45) is 0 Å². The second-order valence-electron chi connectivity index (χ2n) is 6.23. The van der Waals surface area contributed by atoms with Gasteiger partial charge in [0.1, 0.15) is 5.75 Å². The third-order valence-corrected chi connectivity index (χ3v) is 4.90. The Labute approximate surface area is 160 Å². The second kappa shape index (κ2) is 7.20. The van der Waals surface area contributed by atoms with Crippen LogP contribution in [-0.2, 0) is 4.79 Å². The highest BCUT2D eigenvalue weighted by Gasteiger charge is 2.12. The Morgan fingerprint density at radius 3 is 2.78 bits per heavy atom. The summed E-state index contributed by atoms with van der Waals surface area (Å²) in [4.78, 5) is 17.5. The summed E-state index contributed by atoms with van der Waals surface area (Å²) < 4.78 is 7.30. The van der Waals surface area contributed by atoms with Crippen molar-refractivity contribution in [3.05, 3.63) is 65.9 Å². The number of aryl methyl sites for hydroxylation is 2. The highest BCUT2D eigenvalue weighted by atomic mass is 32.1.